The van der Waals surface area contributed by atoms with Gasteiger partial charge in [0.2, 0.25) is 0 Å². The minimum atomic E-state index is -0.211. The van der Waals surface area contributed by atoms with E-state index in [0.29, 0.717) is 11.3 Å². The lowest BCUT2D eigenvalue weighted by Gasteiger charge is -2.12. The predicted molar refractivity (Wildman–Crippen MR) is 71.0 cm³/mol. The normalized spacial score (nSPS) is 19.2. The van der Waals surface area contributed by atoms with Crippen LogP contribution in [-0.2, 0) is 0 Å². The molecule has 0 saturated carbocycles. The van der Waals surface area contributed by atoms with Gasteiger partial charge in [0, 0.05) is 25.8 Å². The maximum absolute atomic E-state index is 12.0. The molecular formula is C13H18N4O2. The number of hydrogen-bond donors (Lipinski definition) is 2. The van der Waals surface area contributed by atoms with Crippen molar-refractivity contribution < 1.29 is 9.59 Å². The van der Waals surface area contributed by atoms with Crippen molar-refractivity contribution in [1.29, 1.82) is 0 Å². The average Bonchev–Trinajstić information content (AvgIpc) is 2.83. The van der Waals surface area contributed by atoms with Crippen LogP contribution in [0.25, 0.3) is 0 Å². The van der Waals surface area contributed by atoms with Gasteiger partial charge in [-0.05, 0) is 32.1 Å². The molecule has 6 heteroatoms. The Kier molecular flexibility index (Phi) is 4.11. The number of aromatic nitrogens is 1. The van der Waals surface area contributed by atoms with Crippen molar-refractivity contribution in [2.24, 2.45) is 0 Å². The number of carbonyl (C=O) groups is 2. The molecule has 19 heavy (non-hydrogen) atoms. The van der Waals surface area contributed by atoms with Crippen LogP contribution in [0.5, 0.6) is 0 Å². The van der Waals surface area contributed by atoms with E-state index in [9.17, 15) is 9.59 Å². The molecule has 1 fully saturated rings. The first-order chi connectivity index (χ1) is 9.10. The molecule has 1 aromatic rings. The van der Waals surface area contributed by atoms with Crippen LogP contribution in [-0.4, -0.2) is 54.9 Å². The third-order valence-electron chi connectivity index (χ3n) is 3.21. The molecule has 1 unspecified atom stereocenters. The Balaban J connectivity index is 1.97. The minimum absolute atomic E-state index is 0.179. The van der Waals surface area contributed by atoms with E-state index in [4.69, 9.17) is 0 Å². The molecule has 0 bridgehead atoms. The number of nitrogens with one attached hydrogen (secondary N) is 2. The lowest BCUT2D eigenvalue weighted by atomic mass is 10.2. The molecule has 1 aliphatic rings. The summed E-state index contributed by atoms with van der Waals surface area (Å²) in [5.74, 6) is -0.402. The van der Waals surface area contributed by atoms with Gasteiger partial charge in [-0.1, -0.05) is 0 Å². The van der Waals surface area contributed by atoms with Gasteiger partial charge >= 0.3 is 0 Å². The van der Waals surface area contributed by atoms with Gasteiger partial charge in [-0.2, -0.15) is 0 Å². The summed E-state index contributed by atoms with van der Waals surface area (Å²) in [5, 5.41) is 5.45. The molecule has 2 amide bonds. The number of rotatable bonds is 3. The zero-order valence-corrected chi connectivity index (χ0v) is 11.1. The Bertz CT molecular complexity index is 472. The third kappa shape index (κ3) is 3.29. The van der Waals surface area contributed by atoms with E-state index in [2.05, 4.69) is 20.5 Å². The molecule has 1 aliphatic heterocycles. The lowest BCUT2D eigenvalue weighted by molar-refractivity contribution is 0.0928. The minimum Gasteiger partial charge on any atom is -0.355 e. The van der Waals surface area contributed by atoms with E-state index in [1.54, 1.807) is 19.2 Å². The van der Waals surface area contributed by atoms with E-state index in [1.165, 1.54) is 6.20 Å². The number of amides is 2. The molecule has 0 radical (unpaired) electrons. The van der Waals surface area contributed by atoms with Crippen LogP contribution in [0.1, 0.15) is 27.3 Å². The highest BCUT2D eigenvalue weighted by molar-refractivity contribution is 5.96. The Morgan fingerprint density at radius 1 is 1.37 bits per heavy atom. The molecule has 6 nitrogen and oxygen atoms in total. The summed E-state index contributed by atoms with van der Waals surface area (Å²) in [6.45, 7) is 1.86. The number of pyridine rings is 1. The van der Waals surface area contributed by atoms with E-state index < -0.39 is 0 Å². The summed E-state index contributed by atoms with van der Waals surface area (Å²) in [4.78, 5) is 29.5. The van der Waals surface area contributed by atoms with Gasteiger partial charge in [-0.3, -0.25) is 14.6 Å². The Morgan fingerprint density at radius 3 is 2.68 bits per heavy atom. The van der Waals surface area contributed by atoms with Crippen molar-refractivity contribution in [2.45, 2.75) is 12.5 Å². The van der Waals surface area contributed by atoms with Gasteiger partial charge in [-0.15, -0.1) is 0 Å². The van der Waals surface area contributed by atoms with Crippen molar-refractivity contribution >= 4 is 11.8 Å². The lowest BCUT2D eigenvalue weighted by Crippen LogP contribution is -2.36. The average molecular weight is 262 g/mol. The molecule has 1 atom stereocenters. The highest BCUT2D eigenvalue weighted by Gasteiger charge is 2.22. The summed E-state index contributed by atoms with van der Waals surface area (Å²) >= 11 is 0. The molecule has 0 spiro atoms. The second kappa shape index (κ2) is 5.79. The van der Waals surface area contributed by atoms with Gasteiger partial charge in [-0.25, -0.2) is 0 Å². The summed E-state index contributed by atoms with van der Waals surface area (Å²) in [7, 11) is 3.59. The fourth-order valence-electron chi connectivity index (χ4n) is 2.12. The zero-order valence-electron chi connectivity index (χ0n) is 11.1. The molecule has 2 rings (SSSR count). The molecule has 1 aromatic heterocycles. The second-order valence-corrected chi connectivity index (χ2v) is 4.73. The summed E-state index contributed by atoms with van der Waals surface area (Å²) in [6, 6.07) is 3.35. The topological polar surface area (TPSA) is 74.3 Å². The molecule has 102 valence electrons. The SMILES string of the molecule is CNC(=O)c1ccc(C(=O)NC2CCN(C)C2)nc1. The number of hydrogen-bond acceptors (Lipinski definition) is 4. The molecule has 0 aliphatic carbocycles. The number of carbonyl (C=O) groups excluding carboxylic acids is 2. The van der Waals surface area contributed by atoms with Gasteiger partial charge in [0.15, 0.2) is 0 Å². The number of likely N-dealkylation sites (tertiary alicyclic amines) is 1. The van der Waals surface area contributed by atoms with E-state index in [0.717, 1.165) is 19.5 Å². The Morgan fingerprint density at radius 2 is 2.16 bits per heavy atom. The Labute approximate surface area is 112 Å². The predicted octanol–water partition coefficient (Wildman–Crippen LogP) is -0.125. The fourth-order valence-corrected chi connectivity index (χ4v) is 2.12. The van der Waals surface area contributed by atoms with Crippen LogP contribution in [0.4, 0.5) is 0 Å². The first-order valence-corrected chi connectivity index (χ1v) is 6.27. The van der Waals surface area contributed by atoms with Crippen LogP contribution in [0, 0.1) is 0 Å². The van der Waals surface area contributed by atoms with Gasteiger partial charge in [0.25, 0.3) is 11.8 Å². The van der Waals surface area contributed by atoms with Crippen LogP contribution in [0.15, 0.2) is 18.3 Å². The Hall–Kier alpha value is -1.95. The van der Waals surface area contributed by atoms with Crippen LogP contribution >= 0.6 is 0 Å². The molecule has 1 saturated heterocycles. The first kappa shape index (κ1) is 13.5. The van der Waals surface area contributed by atoms with Gasteiger partial charge in [0.05, 0.1) is 5.56 Å². The van der Waals surface area contributed by atoms with E-state index >= 15 is 0 Å². The first-order valence-electron chi connectivity index (χ1n) is 6.27. The standard InChI is InChI=1S/C13H18N4O2/c1-14-12(18)9-3-4-11(15-7-9)13(19)16-10-5-6-17(2)8-10/h3-4,7,10H,5-6,8H2,1-2H3,(H,14,18)(H,16,19). The third-order valence-corrected chi connectivity index (χ3v) is 3.21. The monoisotopic (exact) mass is 262 g/mol. The largest absolute Gasteiger partial charge is 0.355 e. The van der Waals surface area contributed by atoms with E-state index in [1.807, 2.05) is 7.05 Å². The van der Waals surface area contributed by atoms with Crippen LogP contribution in [0.2, 0.25) is 0 Å². The fraction of sp³-hybridized carbons (Fsp3) is 0.462. The van der Waals surface area contributed by atoms with E-state index in [-0.39, 0.29) is 17.9 Å². The summed E-state index contributed by atoms with van der Waals surface area (Å²) in [6.07, 6.45) is 2.37. The van der Waals surface area contributed by atoms with Crippen molar-refractivity contribution in [3.05, 3.63) is 29.6 Å². The summed E-state index contributed by atoms with van der Waals surface area (Å²) in [5.41, 5.74) is 0.779. The van der Waals surface area contributed by atoms with Crippen molar-refractivity contribution in [1.82, 2.24) is 20.5 Å². The highest BCUT2D eigenvalue weighted by Crippen LogP contribution is 2.07. The zero-order chi connectivity index (χ0) is 13.8. The molecule has 2 heterocycles. The maximum Gasteiger partial charge on any atom is 0.270 e. The second-order valence-electron chi connectivity index (χ2n) is 4.73. The number of nitrogens with zero attached hydrogens (tertiary/aromatic N) is 2. The highest BCUT2D eigenvalue weighted by atomic mass is 16.2. The molecule has 2 N–H and O–H groups in total. The van der Waals surface area contributed by atoms with Crippen LogP contribution in [0.3, 0.4) is 0 Å². The van der Waals surface area contributed by atoms with Crippen LogP contribution < -0.4 is 10.6 Å². The van der Waals surface area contributed by atoms with Gasteiger partial charge in [0.1, 0.15) is 5.69 Å². The van der Waals surface area contributed by atoms with Crippen molar-refractivity contribution in [3.63, 3.8) is 0 Å². The van der Waals surface area contributed by atoms with Gasteiger partial charge < -0.3 is 15.5 Å². The van der Waals surface area contributed by atoms with Crippen molar-refractivity contribution in [3.8, 4) is 0 Å². The maximum atomic E-state index is 12.0. The molecular weight excluding hydrogens is 244 g/mol. The number of likely N-dealkylation sites (N-methyl/N-ethyl adjacent to an activating group) is 1. The smallest absolute Gasteiger partial charge is 0.270 e. The summed E-state index contributed by atoms with van der Waals surface area (Å²) < 4.78 is 0. The molecule has 0 aromatic carbocycles. The quantitative estimate of drug-likeness (QED) is 0.796. The van der Waals surface area contributed by atoms with Crippen molar-refractivity contribution in [2.75, 3.05) is 27.2 Å².